The number of aryl methyl sites for hydroxylation is 1. The molecule has 0 saturated heterocycles. The SMILES string of the molecule is Cc1ccc(C(=O)N2CCc3cc(S(=O)(=O)Nc4ccc([N+](=O)[O-])cc4)ccc32)cc1. The zero-order valence-electron chi connectivity index (χ0n) is 16.6. The molecule has 8 nitrogen and oxygen atoms in total. The molecular weight excluding hydrogens is 418 g/mol. The van der Waals surface area contributed by atoms with E-state index >= 15 is 0 Å². The van der Waals surface area contributed by atoms with Gasteiger partial charge in [-0.15, -0.1) is 0 Å². The highest BCUT2D eigenvalue weighted by Gasteiger charge is 2.27. The van der Waals surface area contributed by atoms with Crippen molar-refractivity contribution in [2.75, 3.05) is 16.2 Å². The quantitative estimate of drug-likeness (QED) is 0.481. The van der Waals surface area contributed by atoms with Gasteiger partial charge in [-0.05, 0) is 61.4 Å². The number of nitrogens with zero attached hydrogens (tertiary/aromatic N) is 2. The first-order valence-electron chi connectivity index (χ1n) is 9.53. The predicted molar refractivity (Wildman–Crippen MR) is 117 cm³/mol. The van der Waals surface area contributed by atoms with Gasteiger partial charge in [0.15, 0.2) is 0 Å². The molecule has 1 amide bonds. The summed E-state index contributed by atoms with van der Waals surface area (Å²) in [7, 11) is -3.89. The van der Waals surface area contributed by atoms with Gasteiger partial charge in [-0.2, -0.15) is 0 Å². The van der Waals surface area contributed by atoms with Gasteiger partial charge in [0.25, 0.3) is 21.6 Å². The normalized spacial score (nSPS) is 13.0. The summed E-state index contributed by atoms with van der Waals surface area (Å²) in [4.78, 5) is 24.8. The first-order chi connectivity index (χ1) is 14.7. The lowest BCUT2D eigenvalue weighted by Crippen LogP contribution is -2.28. The zero-order valence-corrected chi connectivity index (χ0v) is 17.4. The molecule has 4 rings (SSSR count). The van der Waals surface area contributed by atoms with Crippen molar-refractivity contribution in [3.8, 4) is 0 Å². The van der Waals surface area contributed by atoms with E-state index in [0.29, 0.717) is 24.2 Å². The van der Waals surface area contributed by atoms with Crippen LogP contribution in [0.1, 0.15) is 21.5 Å². The summed E-state index contributed by atoms with van der Waals surface area (Å²) in [5, 5.41) is 10.7. The van der Waals surface area contributed by atoms with Crippen LogP contribution in [0.25, 0.3) is 0 Å². The molecule has 0 fully saturated rings. The van der Waals surface area contributed by atoms with Gasteiger partial charge in [0, 0.05) is 35.6 Å². The van der Waals surface area contributed by atoms with Gasteiger partial charge >= 0.3 is 0 Å². The number of amides is 1. The van der Waals surface area contributed by atoms with E-state index in [1.54, 1.807) is 29.2 Å². The topological polar surface area (TPSA) is 110 Å². The van der Waals surface area contributed by atoms with Gasteiger partial charge < -0.3 is 4.90 Å². The Bertz CT molecular complexity index is 1270. The first kappa shape index (κ1) is 20.5. The Labute approximate surface area is 179 Å². The summed E-state index contributed by atoms with van der Waals surface area (Å²) in [6.45, 7) is 2.42. The minimum Gasteiger partial charge on any atom is -0.308 e. The number of nitrogens with one attached hydrogen (secondary N) is 1. The molecule has 3 aromatic rings. The number of benzene rings is 3. The van der Waals surface area contributed by atoms with Crippen molar-refractivity contribution in [2.45, 2.75) is 18.2 Å². The van der Waals surface area contributed by atoms with Crippen molar-refractivity contribution < 1.29 is 18.1 Å². The van der Waals surface area contributed by atoms with Crippen LogP contribution in [0, 0.1) is 17.0 Å². The highest BCUT2D eigenvalue weighted by molar-refractivity contribution is 7.92. The number of carbonyl (C=O) groups is 1. The van der Waals surface area contributed by atoms with Crippen molar-refractivity contribution in [1.29, 1.82) is 0 Å². The van der Waals surface area contributed by atoms with Gasteiger partial charge in [-0.1, -0.05) is 17.7 Å². The van der Waals surface area contributed by atoms with Crippen molar-refractivity contribution in [3.05, 3.63) is 93.5 Å². The zero-order chi connectivity index (χ0) is 22.2. The van der Waals surface area contributed by atoms with Crippen LogP contribution in [0.3, 0.4) is 0 Å². The summed E-state index contributed by atoms with van der Waals surface area (Å²) in [6, 6.07) is 17.1. The van der Waals surface area contributed by atoms with E-state index in [-0.39, 0.29) is 22.2 Å². The summed E-state index contributed by atoms with van der Waals surface area (Å²) in [5.74, 6) is -0.127. The Balaban J connectivity index is 1.56. The fraction of sp³-hybridized carbons (Fsp3) is 0.136. The van der Waals surface area contributed by atoms with Crippen LogP contribution in [-0.2, 0) is 16.4 Å². The summed E-state index contributed by atoms with van der Waals surface area (Å²) in [6.07, 6.45) is 0.549. The second kappa shape index (κ2) is 7.84. The Morgan fingerprint density at radius 3 is 2.35 bits per heavy atom. The molecule has 31 heavy (non-hydrogen) atoms. The standard InChI is InChI=1S/C22H19N3O5S/c1-15-2-4-16(5-3-15)22(26)24-13-12-17-14-20(10-11-21(17)24)31(29,30)23-18-6-8-19(9-7-18)25(27)28/h2-11,14,23H,12-13H2,1H3. The minimum atomic E-state index is -3.89. The molecule has 0 unspecified atom stereocenters. The fourth-order valence-corrected chi connectivity index (χ4v) is 4.58. The smallest absolute Gasteiger partial charge is 0.269 e. The van der Waals surface area contributed by atoms with Gasteiger partial charge in [-0.25, -0.2) is 8.42 Å². The van der Waals surface area contributed by atoms with Crippen LogP contribution in [0.4, 0.5) is 17.1 Å². The molecule has 1 N–H and O–H groups in total. The van der Waals surface area contributed by atoms with E-state index in [2.05, 4.69) is 4.72 Å². The number of fused-ring (bicyclic) bond motifs is 1. The Hall–Kier alpha value is -3.72. The third kappa shape index (κ3) is 4.13. The number of nitro groups is 1. The number of sulfonamides is 1. The Kier molecular flexibility index (Phi) is 5.20. The summed E-state index contributed by atoms with van der Waals surface area (Å²) >= 11 is 0. The van der Waals surface area contributed by atoms with Crippen LogP contribution in [0.2, 0.25) is 0 Å². The van der Waals surface area contributed by atoms with Gasteiger partial charge in [-0.3, -0.25) is 19.6 Å². The highest BCUT2D eigenvalue weighted by Crippen LogP contribution is 2.32. The third-order valence-corrected chi connectivity index (χ3v) is 6.51. The maximum absolute atomic E-state index is 12.9. The maximum atomic E-state index is 12.9. The number of rotatable bonds is 5. The molecule has 0 aromatic heterocycles. The molecule has 1 heterocycles. The summed E-state index contributed by atoms with van der Waals surface area (Å²) < 4.78 is 28.0. The van der Waals surface area contributed by atoms with E-state index in [9.17, 15) is 23.3 Å². The van der Waals surface area contributed by atoms with Gasteiger partial charge in [0.2, 0.25) is 0 Å². The summed E-state index contributed by atoms with van der Waals surface area (Å²) in [5.41, 5.74) is 3.21. The molecule has 0 bridgehead atoms. The molecule has 1 aliphatic rings. The van der Waals surface area contributed by atoms with E-state index in [1.165, 1.54) is 30.3 Å². The molecule has 158 valence electrons. The average molecular weight is 437 g/mol. The van der Waals surface area contributed by atoms with Crippen LogP contribution >= 0.6 is 0 Å². The van der Waals surface area contributed by atoms with Crippen molar-refractivity contribution in [1.82, 2.24) is 0 Å². The second-order valence-corrected chi connectivity index (χ2v) is 8.96. The number of nitro benzene ring substituents is 1. The average Bonchev–Trinajstić information content (AvgIpc) is 3.17. The molecule has 9 heteroatoms. The van der Waals surface area contributed by atoms with Crippen molar-refractivity contribution in [2.24, 2.45) is 0 Å². The number of hydrogen-bond donors (Lipinski definition) is 1. The molecule has 0 atom stereocenters. The van der Waals surface area contributed by atoms with Crippen LogP contribution in [-0.4, -0.2) is 25.8 Å². The van der Waals surface area contributed by atoms with E-state index in [4.69, 9.17) is 0 Å². The molecule has 0 saturated carbocycles. The van der Waals surface area contributed by atoms with E-state index in [1.807, 2.05) is 19.1 Å². The molecule has 0 radical (unpaired) electrons. The fourth-order valence-electron chi connectivity index (χ4n) is 3.47. The second-order valence-electron chi connectivity index (χ2n) is 7.27. The third-order valence-electron chi connectivity index (χ3n) is 5.13. The lowest BCUT2D eigenvalue weighted by molar-refractivity contribution is -0.384. The number of carbonyl (C=O) groups excluding carboxylic acids is 1. The number of non-ortho nitro benzene ring substituents is 1. The molecule has 1 aliphatic heterocycles. The molecular formula is C22H19N3O5S. The van der Waals surface area contributed by atoms with Crippen molar-refractivity contribution >= 4 is 33.0 Å². The highest BCUT2D eigenvalue weighted by atomic mass is 32.2. The maximum Gasteiger partial charge on any atom is 0.269 e. The monoisotopic (exact) mass is 437 g/mol. The first-order valence-corrected chi connectivity index (χ1v) is 11.0. The van der Waals surface area contributed by atoms with E-state index in [0.717, 1.165) is 11.1 Å². The van der Waals surface area contributed by atoms with Gasteiger partial charge in [0.1, 0.15) is 0 Å². The van der Waals surface area contributed by atoms with Crippen molar-refractivity contribution in [3.63, 3.8) is 0 Å². The molecule has 3 aromatic carbocycles. The minimum absolute atomic E-state index is 0.0641. The lowest BCUT2D eigenvalue weighted by atomic mass is 10.1. The van der Waals surface area contributed by atoms with Gasteiger partial charge in [0.05, 0.1) is 9.82 Å². The van der Waals surface area contributed by atoms with E-state index < -0.39 is 14.9 Å². The Morgan fingerprint density at radius 2 is 1.71 bits per heavy atom. The predicted octanol–water partition coefficient (Wildman–Crippen LogP) is 3.91. The Morgan fingerprint density at radius 1 is 1.03 bits per heavy atom. The molecule has 0 spiro atoms. The lowest BCUT2D eigenvalue weighted by Gasteiger charge is -2.18. The largest absolute Gasteiger partial charge is 0.308 e. The number of hydrogen-bond acceptors (Lipinski definition) is 5. The van der Waals surface area contributed by atoms with Crippen LogP contribution in [0.15, 0.2) is 71.6 Å². The molecule has 0 aliphatic carbocycles. The van der Waals surface area contributed by atoms with Crippen LogP contribution < -0.4 is 9.62 Å². The number of anilines is 2. The van der Waals surface area contributed by atoms with Crippen LogP contribution in [0.5, 0.6) is 0 Å².